The maximum absolute atomic E-state index is 2.24. The van der Waals surface area contributed by atoms with Crippen LogP contribution in [0.3, 0.4) is 0 Å². The molecule has 0 fully saturated rings. The van der Waals surface area contributed by atoms with Gasteiger partial charge in [0, 0.05) is 0 Å². The Kier molecular flexibility index (Phi) is 3.81. The Labute approximate surface area is 137 Å². The van der Waals surface area contributed by atoms with E-state index in [2.05, 4.69) is 84.9 Å². The van der Waals surface area contributed by atoms with E-state index < -0.39 is 0 Å². The molecule has 5 rings (SSSR count). The van der Waals surface area contributed by atoms with Gasteiger partial charge in [-0.15, -0.1) is 0 Å². The van der Waals surface area contributed by atoms with E-state index in [0.29, 0.717) is 0 Å². The molecule has 23 heavy (non-hydrogen) atoms. The summed E-state index contributed by atoms with van der Waals surface area (Å²) in [5.74, 6) is 0. The molecule has 0 heterocycles. The van der Waals surface area contributed by atoms with Crippen molar-refractivity contribution in [3.63, 3.8) is 0 Å². The normalized spacial score (nSPS) is 12.7. The average Bonchev–Trinajstić information content (AvgIpc) is 3.11. The lowest BCUT2D eigenvalue weighted by molar-refractivity contribution is 0.912. The van der Waals surface area contributed by atoms with Gasteiger partial charge in [-0.05, 0) is 51.9 Å². The molecule has 0 saturated heterocycles. The van der Waals surface area contributed by atoms with Crippen molar-refractivity contribution in [2.24, 2.45) is 0 Å². The van der Waals surface area contributed by atoms with Gasteiger partial charge in [-0.3, -0.25) is 0 Å². The molecule has 4 aromatic rings. The number of hydrogen-bond acceptors (Lipinski definition) is 0. The van der Waals surface area contributed by atoms with E-state index >= 15 is 0 Å². The zero-order chi connectivity index (χ0) is 15.5. The van der Waals surface area contributed by atoms with Crippen LogP contribution in [0.25, 0.3) is 21.5 Å². The summed E-state index contributed by atoms with van der Waals surface area (Å²) in [5.41, 5.74) is 3.13. The Bertz CT molecular complexity index is 872. The number of fused-ring (bicyclic) bond motifs is 4. The Hall–Kier alpha value is -2.60. The zero-order valence-electron chi connectivity index (χ0n) is 13.2. The van der Waals surface area contributed by atoms with Gasteiger partial charge < -0.3 is 0 Å². The highest BCUT2D eigenvalue weighted by Crippen LogP contribution is 2.24. The minimum atomic E-state index is 1.30. The van der Waals surface area contributed by atoms with Crippen molar-refractivity contribution in [3.8, 4) is 0 Å². The molecular formula is C23H20. The van der Waals surface area contributed by atoms with Crippen molar-refractivity contribution in [2.45, 2.75) is 19.3 Å². The fourth-order valence-corrected chi connectivity index (χ4v) is 3.47. The van der Waals surface area contributed by atoms with Gasteiger partial charge in [-0.1, -0.05) is 84.9 Å². The summed E-state index contributed by atoms with van der Waals surface area (Å²) in [6.07, 6.45) is 3.96. The molecule has 0 amide bonds. The molecule has 0 heteroatoms. The van der Waals surface area contributed by atoms with Gasteiger partial charge in [0.15, 0.2) is 0 Å². The fraction of sp³-hybridized carbons (Fsp3) is 0.130. The van der Waals surface area contributed by atoms with Crippen molar-refractivity contribution in [1.82, 2.24) is 0 Å². The Balaban J connectivity index is 0.000000130. The Morgan fingerprint density at radius 3 is 1.39 bits per heavy atom. The summed E-state index contributed by atoms with van der Waals surface area (Å²) in [7, 11) is 0. The second-order valence-corrected chi connectivity index (χ2v) is 6.13. The van der Waals surface area contributed by atoms with E-state index in [1.807, 2.05) is 0 Å². The molecule has 112 valence electrons. The number of aryl methyl sites for hydroxylation is 2. The van der Waals surface area contributed by atoms with Crippen LogP contribution in [0, 0.1) is 0 Å². The first-order valence-corrected chi connectivity index (χ1v) is 8.35. The van der Waals surface area contributed by atoms with Gasteiger partial charge in [-0.2, -0.15) is 0 Å². The minimum absolute atomic E-state index is 1.30. The quantitative estimate of drug-likeness (QED) is 0.340. The lowest BCUT2D eigenvalue weighted by atomic mass is 10.0. The molecule has 0 nitrogen and oxygen atoms in total. The molecule has 0 N–H and O–H groups in total. The largest absolute Gasteiger partial charge is 0.0620 e. The Morgan fingerprint density at radius 1 is 0.435 bits per heavy atom. The summed E-state index contributed by atoms with van der Waals surface area (Å²) < 4.78 is 0. The molecule has 0 spiro atoms. The first kappa shape index (κ1) is 14.0. The SMILES string of the molecule is c1ccc2c(c1)CCC2.c1ccc2c(c1)ccc1ccccc12. The van der Waals surface area contributed by atoms with Gasteiger partial charge in [0.25, 0.3) is 0 Å². The third kappa shape index (κ3) is 2.85. The van der Waals surface area contributed by atoms with Gasteiger partial charge in [0.1, 0.15) is 0 Å². The van der Waals surface area contributed by atoms with E-state index in [4.69, 9.17) is 0 Å². The zero-order valence-corrected chi connectivity index (χ0v) is 13.2. The number of benzene rings is 4. The molecule has 4 aromatic carbocycles. The van der Waals surface area contributed by atoms with Crippen LogP contribution in [0.4, 0.5) is 0 Å². The van der Waals surface area contributed by atoms with Crippen LogP contribution in [0.5, 0.6) is 0 Å². The fourth-order valence-electron chi connectivity index (χ4n) is 3.47. The predicted molar refractivity (Wildman–Crippen MR) is 99.9 cm³/mol. The van der Waals surface area contributed by atoms with Gasteiger partial charge in [0.2, 0.25) is 0 Å². The molecule has 0 saturated carbocycles. The molecule has 0 radical (unpaired) electrons. The predicted octanol–water partition coefficient (Wildman–Crippen LogP) is 6.17. The summed E-state index contributed by atoms with van der Waals surface area (Å²) in [5, 5.41) is 5.30. The summed E-state index contributed by atoms with van der Waals surface area (Å²) in [4.78, 5) is 0. The van der Waals surface area contributed by atoms with Crippen LogP contribution in [0.2, 0.25) is 0 Å². The summed E-state index contributed by atoms with van der Waals surface area (Å²) in [6.45, 7) is 0. The molecule has 1 aliphatic carbocycles. The lowest BCUT2D eigenvalue weighted by Crippen LogP contribution is -1.77. The van der Waals surface area contributed by atoms with Crippen LogP contribution in [0.15, 0.2) is 84.9 Å². The van der Waals surface area contributed by atoms with Gasteiger partial charge in [0.05, 0.1) is 0 Å². The first-order chi connectivity index (χ1) is 11.4. The monoisotopic (exact) mass is 296 g/mol. The maximum Gasteiger partial charge on any atom is -0.0105 e. The smallest absolute Gasteiger partial charge is 0.0105 e. The van der Waals surface area contributed by atoms with Crippen molar-refractivity contribution in [2.75, 3.05) is 0 Å². The molecule has 1 aliphatic rings. The van der Waals surface area contributed by atoms with Crippen molar-refractivity contribution in [1.29, 1.82) is 0 Å². The van der Waals surface area contributed by atoms with Crippen molar-refractivity contribution in [3.05, 3.63) is 96.1 Å². The van der Waals surface area contributed by atoms with E-state index in [-0.39, 0.29) is 0 Å². The lowest BCUT2D eigenvalue weighted by Gasteiger charge is -2.02. The second-order valence-electron chi connectivity index (χ2n) is 6.13. The number of rotatable bonds is 0. The van der Waals surface area contributed by atoms with Crippen LogP contribution < -0.4 is 0 Å². The van der Waals surface area contributed by atoms with E-state index in [1.54, 1.807) is 11.1 Å². The molecule has 0 aromatic heterocycles. The number of hydrogen-bond donors (Lipinski definition) is 0. The third-order valence-electron chi connectivity index (χ3n) is 4.66. The molecule has 0 bridgehead atoms. The molecular weight excluding hydrogens is 276 g/mol. The van der Waals surface area contributed by atoms with Crippen LogP contribution in [-0.4, -0.2) is 0 Å². The van der Waals surface area contributed by atoms with Gasteiger partial charge >= 0.3 is 0 Å². The first-order valence-electron chi connectivity index (χ1n) is 8.35. The Morgan fingerprint density at radius 2 is 0.870 bits per heavy atom. The highest BCUT2D eigenvalue weighted by atomic mass is 14.1. The summed E-state index contributed by atoms with van der Waals surface area (Å²) in [6, 6.07) is 30.1. The van der Waals surface area contributed by atoms with Crippen molar-refractivity contribution < 1.29 is 0 Å². The van der Waals surface area contributed by atoms with Crippen LogP contribution >= 0.6 is 0 Å². The summed E-state index contributed by atoms with van der Waals surface area (Å²) >= 11 is 0. The average molecular weight is 296 g/mol. The van der Waals surface area contributed by atoms with Crippen LogP contribution in [-0.2, 0) is 12.8 Å². The topological polar surface area (TPSA) is 0 Å². The molecule has 0 unspecified atom stereocenters. The highest BCUT2D eigenvalue weighted by molar-refractivity contribution is 6.07. The standard InChI is InChI=1S/C14H10.C9H10/c1-3-7-13-11(5-1)9-10-12-6-2-4-8-14(12)13;1-2-5-9-7-3-6-8(9)4-1/h1-10H;1-2,4-5H,3,6-7H2. The highest BCUT2D eigenvalue weighted by Gasteiger charge is 2.07. The van der Waals surface area contributed by atoms with Gasteiger partial charge in [-0.25, -0.2) is 0 Å². The minimum Gasteiger partial charge on any atom is -0.0620 e. The third-order valence-corrected chi connectivity index (χ3v) is 4.66. The van der Waals surface area contributed by atoms with E-state index in [1.165, 1.54) is 40.8 Å². The molecule has 0 aliphatic heterocycles. The van der Waals surface area contributed by atoms with E-state index in [0.717, 1.165) is 0 Å². The van der Waals surface area contributed by atoms with Crippen LogP contribution in [0.1, 0.15) is 17.5 Å². The second kappa shape index (κ2) is 6.26. The van der Waals surface area contributed by atoms with E-state index in [9.17, 15) is 0 Å². The maximum atomic E-state index is 2.24. The molecule has 0 atom stereocenters. The van der Waals surface area contributed by atoms with Crippen molar-refractivity contribution >= 4 is 21.5 Å².